The van der Waals surface area contributed by atoms with E-state index in [1.54, 1.807) is 73.1 Å². The van der Waals surface area contributed by atoms with E-state index in [4.69, 9.17) is 16.3 Å². The predicted octanol–water partition coefficient (Wildman–Crippen LogP) is 4.49. The predicted molar refractivity (Wildman–Crippen MR) is 104 cm³/mol. The van der Waals surface area contributed by atoms with Gasteiger partial charge in [-0.1, -0.05) is 23.7 Å². The van der Waals surface area contributed by atoms with Gasteiger partial charge in [-0.15, -0.1) is 0 Å². The quantitative estimate of drug-likeness (QED) is 0.616. The second kappa shape index (κ2) is 8.82. The number of carbonyl (C=O) groups excluding carboxylic acids is 2. The summed E-state index contributed by atoms with van der Waals surface area (Å²) in [6.45, 7) is 0. The Bertz CT molecular complexity index is 931. The van der Waals surface area contributed by atoms with Gasteiger partial charge in [0.15, 0.2) is 0 Å². The largest absolute Gasteiger partial charge is 0.457 e. The molecule has 136 valence electrons. The molecule has 0 fully saturated rings. The third-order valence-electron chi connectivity index (χ3n) is 3.49. The summed E-state index contributed by atoms with van der Waals surface area (Å²) in [5, 5.41) is 5.69. The molecule has 0 atom stereocenters. The van der Waals surface area contributed by atoms with E-state index in [2.05, 4.69) is 15.6 Å². The van der Waals surface area contributed by atoms with E-state index in [0.29, 0.717) is 27.9 Å². The molecule has 0 unspecified atom stereocenters. The van der Waals surface area contributed by atoms with Crippen LogP contribution in [0.3, 0.4) is 0 Å². The average molecular weight is 382 g/mol. The lowest BCUT2D eigenvalue weighted by Gasteiger charge is -2.09. The van der Waals surface area contributed by atoms with Gasteiger partial charge in [0.05, 0.1) is 10.7 Å². The summed E-state index contributed by atoms with van der Waals surface area (Å²) >= 11 is 5.98. The number of rotatable bonds is 6. The highest BCUT2D eigenvalue weighted by Crippen LogP contribution is 2.23. The molecule has 0 spiro atoms. The number of ether oxygens (including phenoxy) is 1. The number of pyridine rings is 1. The van der Waals surface area contributed by atoms with Crippen molar-refractivity contribution in [1.29, 1.82) is 0 Å². The Labute approximate surface area is 161 Å². The number of benzene rings is 2. The van der Waals surface area contributed by atoms with E-state index in [1.165, 1.54) is 0 Å². The molecular weight excluding hydrogens is 366 g/mol. The van der Waals surface area contributed by atoms with Crippen molar-refractivity contribution in [3.63, 3.8) is 0 Å². The summed E-state index contributed by atoms with van der Waals surface area (Å²) in [5.41, 5.74) is 1.03. The Morgan fingerprint density at radius 1 is 0.852 bits per heavy atom. The van der Waals surface area contributed by atoms with Gasteiger partial charge in [-0.2, -0.15) is 0 Å². The fourth-order valence-corrected chi connectivity index (χ4v) is 2.44. The van der Waals surface area contributed by atoms with Crippen LogP contribution < -0.4 is 15.4 Å². The fourth-order valence-electron chi connectivity index (χ4n) is 2.26. The summed E-state index contributed by atoms with van der Waals surface area (Å²) in [5.74, 6) is 0.411. The van der Waals surface area contributed by atoms with Gasteiger partial charge in [0.2, 0.25) is 11.8 Å². The monoisotopic (exact) mass is 381 g/mol. The summed E-state index contributed by atoms with van der Waals surface area (Å²) < 4.78 is 5.65. The fraction of sp³-hybridized carbons (Fsp3) is 0.0500. The van der Waals surface area contributed by atoms with Crippen LogP contribution in [-0.4, -0.2) is 16.8 Å². The molecule has 0 bridgehead atoms. The average Bonchev–Trinajstić information content (AvgIpc) is 2.66. The van der Waals surface area contributed by atoms with Crippen LogP contribution >= 0.6 is 11.6 Å². The lowest BCUT2D eigenvalue weighted by molar-refractivity contribution is -0.123. The van der Waals surface area contributed by atoms with E-state index >= 15 is 0 Å². The standard InChI is InChI=1S/C20H16ClN3O3/c21-17-3-1-2-4-18(17)24-20(26)13-19(25)23-14-5-7-15(8-6-14)27-16-9-11-22-12-10-16/h1-12H,13H2,(H,23,25)(H,24,26). The molecular formula is C20H16ClN3O3. The molecule has 0 saturated carbocycles. The molecule has 0 aliphatic heterocycles. The number of anilines is 2. The van der Waals surface area contributed by atoms with Gasteiger partial charge in [0.1, 0.15) is 17.9 Å². The van der Waals surface area contributed by atoms with E-state index in [1.807, 2.05) is 0 Å². The minimum Gasteiger partial charge on any atom is -0.457 e. The van der Waals surface area contributed by atoms with Gasteiger partial charge >= 0.3 is 0 Å². The summed E-state index contributed by atoms with van der Waals surface area (Å²) in [6.07, 6.45) is 2.95. The van der Waals surface area contributed by atoms with Crippen molar-refractivity contribution in [1.82, 2.24) is 4.98 Å². The Hall–Kier alpha value is -3.38. The Kier molecular flexibility index (Phi) is 6.02. The van der Waals surface area contributed by atoms with Gasteiger partial charge < -0.3 is 15.4 Å². The first-order valence-electron chi connectivity index (χ1n) is 8.12. The van der Waals surface area contributed by atoms with Crippen LogP contribution in [0.25, 0.3) is 0 Å². The van der Waals surface area contributed by atoms with Gasteiger partial charge in [0, 0.05) is 18.1 Å². The smallest absolute Gasteiger partial charge is 0.233 e. The first-order valence-corrected chi connectivity index (χ1v) is 8.50. The van der Waals surface area contributed by atoms with E-state index in [9.17, 15) is 9.59 Å². The number of amides is 2. The van der Waals surface area contributed by atoms with Gasteiger partial charge in [-0.25, -0.2) is 0 Å². The molecule has 2 N–H and O–H groups in total. The van der Waals surface area contributed by atoms with Crippen LogP contribution in [-0.2, 0) is 9.59 Å². The zero-order valence-corrected chi connectivity index (χ0v) is 14.9. The molecule has 3 aromatic rings. The molecule has 3 rings (SSSR count). The van der Waals surface area contributed by atoms with E-state index < -0.39 is 11.8 Å². The normalized spacial score (nSPS) is 10.1. The second-order valence-corrected chi connectivity index (χ2v) is 5.97. The number of aromatic nitrogens is 1. The van der Waals surface area contributed by atoms with Gasteiger partial charge in [0.25, 0.3) is 0 Å². The van der Waals surface area contributed by atoms with Crippen molar-refractivity contribution in [3.8, 4) is 11.5 Å². The van der Waals surface area contributed by atoms with Crippen LogP contribution in [0.4, 0.5) is 11.4 Å². The van der Waals surface area contributed by atoms with Crippen molar-refractivity contribution < 1.29 is 14.3 Å². The van der Waals surface area contributed by atoms with Crippen molar-refractivity contribution in [2.75, 3.05) is 10.6 Å². The maximum absolute atomic E-state index is 12.0. The molecule has 2 aromatic carbocycles. The number of para-hydroxylation sites is 1. The SMILES string of the molecule is O=C(CC(=O)Nc1ccccc1Cl)Nc1ccc(Oc2ccncc2)cc1. The van der Waals surface area contributed by atoms with E-state index in [-0.39, 0.29) is 6.42 Å². The molecule has 7 heteroatoms. The lowest BCUT2D eigenvalue weighted by Crippen LogP contribution is -2.21. The van der Waals surface area contributed by atoms with Crippen molar-refractivity contribution >= 4 is 34.8 Å². The number of hydrogen-bond donors (Lipinski definition) is 2. The third kappa shape index (κ3) is 5.55. The van der Waals surface area contributed by atoms with Crippen molar-refractivity contribution in [3.05, 3.63) is 78.1 Å². The molecule has 1 heterocycles. The van der Waals surface area contributed by atoms with Crippen LogP contribution in [0, 0.1) is 0 Å². The minimum atomic E-state index is -0.446. The lowest BCUT2D eigenvalue weighted by atomic mass is 10.2. The zero-order chi connectivity index (χ0) is 19.1. The van der Waals surface area contributed by atoms with Crippen LogP contribution in [0.5, 0.6) is 11.5 Å². The number of nitrogens with one attached hydrogen (secondary N) is 2. The highest BCUT2D eigenvalue weighted by atomic mass is 35.5. The highest BCUT2D eigenvalue weighted by molar-refractivity contribution is 6.33. The minimum absolute atomic E-state index is 0.319. The topological polar surface area (TPSA) is 80.3 Å². The number of carbonyl (C=O) groups is 2. The van der Waals surface area contributed by atoms with Crippen molar-refractivity contribution in [2.24, 2.45) is 0 Å². The Morgan fingerprint density at radius 3 is 2.19 bits per heavy atom. The second-order valence-electron chi connectivity index (χ2n) is 5.56. The summed E-state index contributed by atoms with van der Waals surface area (Å²) in [7, 11) is 0. The summed E-state index contributed by atoms with van der Waals surface area (Å²) in [6, 6.07) is 17.2. The first-order chi connectivity index (χ1) is 13.1. The zero-order valence-electron chi connectivity index (χ0n) is 14.2. The van der Waals surface area contributed by atoms with Crippen LogP contribution in [0.2, 0.25) is 5.02 Å². The Balaban J connectivity index is 1.51. The highest BCUT2D eigenvalue weighted by Gasteiger charge is 2.11. The molecule has 2 amide bonds. The molecule has 6 nitrogen and oxygen atoms in total. The molecule has 0 aliphatic carbocycles. The number of nitrogens with zero attached hydrogens (tertiary/aromatic N) is 1. The molecule has 27 heavy (non-hydrogen) atoms. The molecule has 1 aromatic heterocycles. The third-order valence-corrected chi connectivity index (χ3v) is 3.82. The Morgan fingerprint density at radius 2 is 1.48 bits per heavy atom. The van der Waals surface area contributed by atoms with Gasteiger partial charge in [-0.3, -0.25) is 14.6 Å². The number of hydrogen-bond acceptors (Lipinski definition) is 4. The van der Waals surface area contributed by atoms with Gasteiger partial charge in [-0.05, 0) is 48.5 Å². The van der Waals surface area contributed by atoms with Crippen LogP contribution in [0.1, 0.15) is 6.42 Å². The van der Waals surface area contributed by atoms with Crippen LogP contribution in [0.15, 0.2) is 73.1 Å². The first kappa shape index (κ1) is 18.4. The maximum Gasteiger partial charge on any atom is 0.233 e. The molecule has 0 saturated heterocycles. The number of halogens is 1. The maximum atomic E-state index is 12.0. The van der Waals surface area contributed by atoms with E-state index in [0.717, 1.165) is 0 Å². The molecule has 0 aliphatic rings. The van der Waals surface area contributed by atoms with Crippen molar-refractivity contribution in [2.45, 2.75) is 6.42 Å². The molecule has 0 radical (unpaired) electrons. The summed E-state index contributed by atoms with van der Waals surface area (Å²) in [4.78, 5) is 27.9.